The molecule has 1 aromatic carbocycles. The molecule has 0 radical (unpaired) electrons. The van der Waals surface area contributed by atoms with Gasteiger partial charge in [0.1, 0.15) is 20.7 Å². The lowest BCUT2D eigenvalue weighted by molar-refractivity contribution is 0.102. The van der Waals surface area contributed by atoms with Crippen LogP contribution in [0.5, 0.6) is 0 Å². The molecule has 8 heteroatoms. The van der Waals surface area contributed by atoms with Crippen LogP contribution in [0.25, 0.3) is 10.6 Å². The zero-order chi connectivity index (χ0) is 16.7. The minimum Gasteiger partial charge on any atom is -0.296 e. The number of benzene rings is 1. The highest BCUT2D eigenvalue weighted by Crippen LogP contribution is 2.42. The Morgan fingerprint density at radius 2 is 2.12 bits per heavy atom. The van der Waals surface area contributed by atoms with Gasteiger partial charge in [0.15, 0.2) is 0 Å². The molecule has 1 fully saturated rings. The quantitative estimate of drug-likeness (QED) is 0.756. The lowest BCUT2D eigenvalue weighted by Gasteiger charge is -1.98. The highest BCUT2D eigenvalue weighted by atomic mass is 32.1. The minimum atomic E-state index is -0.326. The van der Waals surface area contributed by atoms with Crippen molar-refractivity contribution in [3.8, 4) is 10.6 Å². The molecule has 2 aromatic heterocycles. The Morgan fingerprint density at radius 1 is 1.29 bits per heavy atom. The summed E-state index contributed by atoms with van der Waals surface area (Å²) in [5.74, 6) is -0.0724. The van der Waals surface area contributed by atoms with Crippen molar-refractivity contribution in [1.82, 2.24) is 15.2 Å². The second kappa shape index (κ2) is 6.03. The van der Waals surface area contributed by atoms with Gasteiger partial charge in [-0.15, -0.1) is 21.5 Å². The molecule has 3 aromatic rings. The standard InChI is InChI=1S/C16H13FN4OS2/c1-8-12(23-14(18-8)10-3-2-4-11(17)7-10)13(22)19-16-21-20-15(24-16)9-5-6-9/h2-4,7,9H,5-6H2,1H3,(H,19,21,22). The molecule has 0 unspecified atom stereocenters. The van der Waals surface area contributed by atoms with Crippen LogP contribution < -0.4 is 5.32 Å². The fraction of sp³-hybridized carbons (Fsp3) is 0.250. The van der Waals surface area contributed by atoms with Gasteiger partial charge < -0.3 is 0 Å². The number of aryl methyl sites for hydroxylation is 1. The molecule has 122 valence electrons. The molecule has 0 saturated heterocycles. The summed E-state index contributed by atoms with van der Waals surface area (Å²) in [6, 6.07) is 6.19. The first-order valence-corrected chi connectivity index (χ1v) is 9.11. The molecule has 0 aliphatic heterocycles. The molecule has 2 heterocycles. The van der Waals surface area contributed by atoms with Crippen LogP contribution in [-0.2, 0) is 0 Å². The third-order valence-electron chi connectivity index (χ3n) is 3.66. The number of hydrogen-bond acceptors (Lipinski definition) is 6. The van der Waals surface area contributed by atoms with Crippen LogP contribution in [0.3, 0.4) is 0 Å². The maximum Gasteiger partial charge on any atom is 0.269 e. The lowest BCUT2D eigenvalue weighted by Crippen LogP contribution is -2.11. The Balaban J connectivity index is 1.55. The number of rotatable bonds is 4. The van der Waals surface area contributed by atoms with E-state index < -0.39 is 0 Å². The first-order valence-electron chi connectivity index (χ1n) is 7.48. The Kier molecular flexibility index (Phi) is 3.85. The normalized spacial score (nSPS) is 13.9. The summed E-state index contributed by atoms with van der Waals surface area (Å²) in [5.41, 5.74) is 1.28. The molecule has 1 amide bonds. The first-order chi connectivity index (χ1) is 11.6. The van der Waals surface area contributed by atoms with Crippen molar-refractivity contribution in [2.45, 2.75) is 25.7 Å². The predicted octanol–water partition coefficient (Wildman–Crippen LogP) is 4.24. The third kappa shape index (κ3) is 3.07. The Bertz CT molecular complexity index is 916. The largest absolute Gasteiger partial charge is 0.296 e. The summed E-state index contributed by atoms with van der Waals surface area (Å²) in [6.07, 6.45) is 2.29. The molecule has 1 saturated carbocycles. The zero-order valence-electron chi connectivity index (χ0n) is 12.7. The van der Waals surface area contributed by atoms with Crippen LogP contribution in [0.1, 0.15) is 39.1 Å². The Morgan fingerprint density at radius 3 is 2.88 bits per heavy atom. The summed E-state index contributed by atoms with van der Waals surface area (Å²) in [5, 5.41) is 13.0. The molecule has 1 aliphatic carbocycles. The SMILES string of the molecule is Cc1nc(-c2cccc(F)c2)sc1C(=O)Nc1nnc(C2CC2)s1. The van der Waals surface area contributed by atoms with Gasteiger partial charge in [-0.25, -0.2) is 9.37 Å². The van der Waals surface area contributed by atoms with Crippen LogP contribution in [-0.4, -0.2) is 21.1 Å². The van der Waals surface area contributed by atoms with E-state index in [2.05, 4.69) is 20.5 Å². The van der Waals surface area contributed by atoms with Crippen molar-refractivity contribution < 1.29 is 9.18 Å². The monoisotopic (exact) mass is 360 g/mol. The Hall–Kier alpha value is -2.19. The van der Waals surface area contributed by atoms with Crippen molar-refractivity contribution in [1.29, 1.82) is 0 Å². The first kappa shape index (κ1) is 15.3. The van der Waals surface area contributed by atoms with Gasteiger partial charge in [0, 0.05) is 11.5 Å². The van der Waals surface area contributed by atoms with Gasteiger partial charge in [-0.1, -0.05) is 23.5 Å². The van der Waals surface area contributed by atoms with Crippen LogP contribution in [0, 0.1) is 12.7 Å². The molecule has 1 aliphatic rings. The topological polar surface area (TPSA) is 67.8 Å². The van der Waals surface area contributed by atoms with Gasteiger partial charge >= 0.3 is 0 Å². The van der Waals surface area contributed by atoms with E-state index in [1.807, 2.05) is 0 Å². The molecule has 0 atom stereocenters. The number of nitrogens with zero attached hydrogens (tertiary/aromatic N) is 3. The number of thiazole rings is 1. The highest BCUT2D eigenvalue weighted by Gasteiger charge is 2.28. The highest BCUT2D eigenvalue weighted by molar-refractivity contribution is 7.17. The molecule has 0 bridgehead atoms. The number of hydrogen-bond donors (Lipinski definition) is 1. The smallest absolute Gasteiger partial charge is 0.269 e. The maximum absolute atomic E-state index is 13.4. The fourth-order valence-electron chi connectivity index (χ4n) is 2.29. The van der Waals surface area contributed by atoms with Crippen molar-refractivity contribution in [3.05, 3.63) is 45.7 Å². The van der Waals surface area contributed by atoms with Gasteiger partial charge in [-0.2, -0.15) is 0 Å². The van der Waals surface area contributed by atoms with Gasteiger partial charge in [0.05, 0.1) is 5.69 Å². The van der Waals surface area contributed by atoms with E-state index in [0.717, 1.165) is 17.8 Å². The van der Waals surface area contributed by atoms with Gasteiger partial charge in [-0.3, -0.25) is 10.1 Å². The van der Waals surface area contributed by atoms with Crippen LogP contribution in [0.15, 0.2) is 24.3 Å². The van der Waals surface area contributed by atoms with E-state index in [9.17, 15) is 9.18 Å². The van der Waals surface area contributed by atoms with Crippen LogP contribution in [0.2, 0.25) is 0 Å². The Labute approximate surface area is 145 Å². The average molecular weight is 360 g/mol. The summed E-state index contributed by atoms with van der Waals surface area (Å²) in [6.45, 7) is 1.77. The lowest BCUT2D eigenvalue weighted by atomic mass is 10.2. The number of aromatic nitrogens is 3. The van der Waals surface area contributed by atoms with Gasteiger partial charge in [0.25, 0.3) is 5.91 Å². The van der Waals surface area contributed by atoms with Crippen molar-refractivity contribution in [2.24, 2.45) is 0 Å². The molecular formula is C16H13FN4OS2. The third-order valence-corrected chi connectivity index (χ3v) is 5.87. The summed E-state index contributed by atoms with van der Waals surface area (Å²) < 4.78 is 13.4. The second-order valence-electron chi connectivity index (χ2n) is 5.62. The van der Waals surface area contributed by atoms with Crippen molar-refractivity contribution >= 4 is 33.7 Å². The van der Waals surface area contributed by atoms with Crippen LogP contribution in [0.4, 0.5) is 9.52 Å². The van der Waals surface area contributed by atoms with Crippen molar-refractivity contribution in [3.63, 3.8) is 0 Å². The van der Waals surface area contributed by atoms with E-state index in [1.54, 1.807) is 19.1 Å². The zero-order valence-corrected chi connectivity index (χ0v) is 14.4. The minimum absolute atomic E-state index is 0.258. The number of nitrogens with one attached hydrogen (secondary N) is 1. The van der Waals surface area contributed by atoms with E-state index in [1.165, 1.54) is 34.8 Å². The fourth-order valence-corrected chi connectivity index (χ4v) is 4.15. The molecule has 24 heavy (non-hydrogen) atoms. The molecule has 5 nitrogen and oxygen atoms in total. The van der Waals surface area contributed by atoms with Gasteiger partial charge in [-0.05, 0) is 31.9 Å². The number of halogens is 1. The number of carbonyl (C=O) groups excluding carboxylic acids is 1. The van der Waals surface area contributed by atoms with E-state index in [4.69, 9.17) is 0 Å². The van der Waals surface area contributed by atoms with E-state index in [-0.39, 0.29) is 11.7 Å². The van der Waals surface area contributed by atoms with Crippen LogP contribution >= 0.6 is 22.7 Å². The molecule has 0 spiro atoms. The average Bonchev–Trinajstić information content (AvgIpc) is 3.18. The summed E-state index contributed by atoms with van der Waals surface area (Å²) in [7, 11) is 0. The number of carbonyl (C=O) groups is 1. The number of amides is 1. The van der Waals surface area contributed by atoms with E-state index in [0.29, 0.717) is 32.2 Å². The van der Waals surface area contributed by atoms with E-state index >= 15 is 0 Å². The number of anilines is 1. The molecule has 4 rings (SSSR count). The summed E-state index contributed by atoms with van der Waals surface area (Å²) >= 11 is 2.66. The maximum atomic E-state index is 13.4. The van der Waals surface area contributed by atoms with Gasteiger partial charge in [0.2, 0.25) is 5.13 Å². The van der Waals surface area contributed by atoms with Crippen molar-refractivity contribution in [2.75, 3.05) is 5.32 Å². The second-order valence-corrected chi connectivity index (χ2v) is 7.63. The predicted molar refractivity (Wildman–Crippen MR) is 92.1 cm³/mol. The summed E-state index contributed by atoms with van der Waals surface area (Å²) in [4.78, 5) is 17.3. The molecule has 1 N–H and O–H groups in total. The molecular weight excluding hydrogens is 347 g/mol.